The molecule has 186 valence electrons. The van der Waals surface area contributed by atoms with Crippen molar-refractivity contribution < 1.29 is 26.9 Å². The molecule has 3 aromatic rings. The van der Waals surface area contributed by atoms with Crippen molar-refractivity contribution >= 4 is 16.2 Å². The van der Waals surface area contributed by atoms with Crippen LogP contribution in [0.3, 0.4) is 0 Å². The van der Waals surface area contributed by atoms with Gasteiger partial charge in [0.2, 0.25) is 0 Å². The van der Waals surface area contributed by atoms with Crippen molar-refractivity contribution in [2.24, 2.45) is 0 Å². The highest BCUT2D eigenvalue weighted by molar-refractivity contribution is 7.87. The van der Waals surface area contributed by atoms with Crippen LogP contribution in [0.25, 0.3) is 0 Å². The average Bonchev–Trinajstić information content (AvgIpc) is 2.79. The molecule has 0 aliphatic carbocycles. The number of amides is 1. The van der Waals surface area contributed by atoms with Gasteiger partial charge >= 0.3 is 16.2 Å². The molecule has 0 heterocycles. The van der Waals surface area contributed by atoms with E-state index in [1.807, 2.05) is 37.3 Å². The van der Waals surface area contributed by atoms with E-state index < -0.39 is 27.9 Å². The van der Waals surface area contributed by atoms with E-state index >= 15 is 0 Å². The highest BCUT2D eigenvalue weighted by Gasteiger charge is 2.24. The van der Waals surface area contributed by atoms with Gasteiger partial charge in [-0.25, -0.2) is 4.79 Å². The van der Waals surface area contributed by atoms with Gasteiger partial charge in [0.05, 0.1) is 13.2 Å². The van der Waals surface area contributed by atoms with Gasteiger partial charge in [0.25, 0.3) is 0 Å². The number of carbonyl (C=O) groups excluding carboxylic acids is 1. The smallest absolute Gasteiger partial charge is 0.407 e. The largest absolute Gasteiger partial charge is 0.444 e. The summed E-state index contributed by atoms with van der Waals surface area (Å²) in [6, 6.07) is 22.7. The molecule has 3 rings (SSSR count). The number of para-hydroxylation sites is 1. The Morgan fingerprint density at radius 1 is 0.914 bits per heavy atom. The fraction of sp³-hybridized carbons (Fsp3) is 0.296. The SMILES string of the molecule is Cc1ccc(S(=O)(=O)Oc2ccccc2C(CNC(=O)OC(C)(C)C)OCc2ccccc2)cc1. The van der Waals surface area contributed by atoms with E-state index in [0.717, 1.165) is 11.1 Å². The quantitative estimate of drug-likeness (QED) is 0.390. The van der Waals surface area contributed by atoms with E-state index in [4.69, 9.17) is 13.7 Å². The van der Waals surface area contributed by atoms with Crippen molar-refractivity contribution in [2.45, 2.75) is 50.9 Å². The molecule has 35 heavy (non-hydrogen) atoms. The molecule has 0 bridgehead atoms. The minimum Gasteiger partial charge on any atom is -0.444 e. The van der Waals surface area contributed by atoms with E-state index in [0.29, 0.717) is 5.56 Å². The number of rotatable bonds is 9. The zero-order chi connectivity index (χ0) is 25.5. The molecule has 0 aliphatic rings. The first-order chi connectivity index (χ1) is 16.5. The topological polar surface area (TPSA) is 90.9 Å². The van der Waals surface area contributed by atoms with Gasteiger partial charge < -0.3 is 19.0 Å². The van der Waals surface area contributed by atoms with E-state index in [-0.39, 0.29) is 23.8 Å². The lowest BCUT2D eigenvalue weighted by Crippen LogP contribution is -2.35. The Hall–Kier alpha value is -3.36. The summed E-state index contributed by atoms with van der Waals surface area (Å²) in [6.45, 7) is 7.49. The molecule has 0 saturated heterocycles. The van der Waals surface area contributed by atoms with Gasteiger partial charge in [0.15, 0.2) is 0 Å². The minimum absolute atomic E-state index is 0.0477. The van der Waals surface area contributed by atoms with Crippen LogP contribution in [0.2, 0.25) is 0 Å². The summed E-state index contributed by atoms with van der Waals surface area (Å²) in [5.41, 5.74) is 1.69. The molecule has 1 N–H and O–H groups in total. The fourth-order valence-electron chi connectivity index (χ4n) is 3.21. The van der Waals surface area contributed by atoms with Gasteiger partial charge in [-0.1, -0.05) is 66.2 Å². The first-order valence-electron chi connectivity index (χ1n) is 11.3. The second-order valence-corrected chi connectivity index (χ2v) is 10.6. The average molecular weight is 498 g/mol. The van der Waals surface area contributed by atoms with E-state index in [2.05, 4.69) is 5.32 Å². The van der Waals surface area contributed by atoms with Crippen molar-refractivity contribution in [3.63, 3.8) is 0 Å². The third-order valence-corrected chi connectivity index (χ3v) is 6.15. The monoisotopic (exact) mass is 497 g/mol. The number of carbonyl (C=O) groups is 1. The Morgan fingerprint density at radius 3 is 2.20 bits per heavy atom. The van der Waals surface area contributed by atoms with Crippen LogP contribution in [0.4, 0.5) is 4.79 Å². The fourth-order valence-corrected chi connectivity index (χ4v) is 4.17. The van der Waals surface area contributed by atoms with Crippen LogP contribution in [0, 0.1) is 6.92 Å². The van der Waals surface area contributed by atoms with E-state index in [1.54, 1.807) is 57.2 Å². The lowest BCUT2D eigenvalue weighted by atomic mass is 10.1. The zero-order valence-corrected chi connectivity index (χ0v) is 21.2. The maximum Gasteiger partial charge on any atom is 0.407 e. The third-order valence-electron chi connectivity index (χ3n) is 4.90. The molecule has 0 spiro atoms. The van der Waals surface area contributed by atoms with Crippen molar-refractivity contribution in [3.05, 3.63) is 95.6 Å². The molecule has 0 saturated carbocycles. The summed E-state index contributed by atoms with van der Waals surface area (Å²) in [5, 5.41) is 2.71. The zero-order valence-electron chi connectivity index (χ0n) is 20.4. The highest BCUT2D eigenvalue weighted by atomic mass is 32.2. The first-order valence-corrected chi connectivity index (χ1v) is 12.7. The number of hydrogen-bond donors (Lipinski definition) is 1. The van der Waals surface area contributed by atoms with Gasteiger partial charge in [-0.05, 0) is 51.5 Å². The molecule has 0 aliphatic heterocycles. The Bertz CT molecular complexity index is 1220. The first kappa shape index (κ1) is 26.2. The van der Waals surface area contributed by atoms with Crippen LogP contribution >= 0.6 is 0 Å². The van der Waals surface area contributed by atoms with Gasteiger partial charge in [-0.2, -0.15) is 8.42 Å². The Kier molecular flexibility index (Phi) is 8.53. The highest BCUT2D eigenvalue weighted by Crippen LogP contribution is 2.31. The molecular formula is C27H31NO6S. The summed E-state index contributed by atoms with van der Waals surface area (Å²) in [6.07, 6.45) is -1.30. The van der Waals surface area contributed by atoms with Crippen LogP contribution in [0.5, 0.6) is 5.75 Å². The van der Waals surface area contributed by atoms with Crippen LogP contribution in [0.1, 0.15) is 43.6 Å². The Morgan fingerprint density at radius 2 is 1.54 bits per heavy atom. The summed E-state index contributed by atoms with van der Waals surface area (Å²) in [5.74, 6) is 0.122. The second-order valence-electron chi connectivity index (χ2n) is 9.06. The predicted molar refractivity (Wildman–Crippen MR) is 134 cm³/mol. The van der Waals surface area contributed by atoms with Gasteiger partial charge in [0, 0.05) is 5.56 Å². The molecule has 3 aromatic carbocycles. The van der Waals surface area contributed by atoms with Crippen LogP contribution in [-0.4, -0.2) is 26.7 Å². The predicted octanol–water partition coefficient (Wildman–Crippen LogP) is 5.55. The van der Waals surface area contributed by atoms with Gasteiger partial charge in [-0.15, -0.1) is 0 Å². The summed E-state index contributed by atoms with van der Waals surface area (Å²) in [7, 11) is -4.08. The number of benzene rings is 3. The van der Waals surface area contributed by atoms with Crippen LogP contribution in [0.15, 0.2) is 83.8 Å². The lowest BCUT2D eigenvalue weighted by molar-refractivity contribution is 0.0267. The molecule has 0 radical (unpaired) electrons. The molecule has 8 heteroatoms. The number of hydrogen-bond acceptors (Lipinski definition) is 6. The molecule has 7 nitrogen and oxygen atoms in total. The standard InChI is InChI=1S/C27H31NO6S/c1-20-14-16-22(17-15-20)35(30,31)34-24-13-9-8-12-23(24)25(18-28-26(29)33-27(2,3)4)32-19-21-10-6-5-7-11-21/h5-17,25H,18-19H2,1-4H3,(H,28,29). The Balaban J connectivity index is 1.85. The van der Waals surface area contributed by atoms with Crippen molar-refractivity contribution in [1.82, 2.24) is 5.32 Å². The molecular weight excluding hydrogens is 466 g/mol. The maximum atomic E-state index is 12.9. The van der Waals surface area contributed by atoms with E-state index in [9.17, 15) is 13.2 Å². The molecule has 1 atom stereocenters. The van der Waals surface area contributed by atoms with Crippen LogP contribution < -0.4 is 9.50 Å². The number of aryl methyl sites for hydroxylation is 1. The number of nitrogens with one attached hydrogen (secondary N) is 1. The summed E-state index contributed by atoms with van der Waals surface area (Å²) >= 11 is 0. The molecule has 1 unspecified atom stereocenters. The normalized spacial score (nSPS) is 12.6. The molecule has 0 fully saturated rings. The van der Waals surface area contributed by atoms with Gasteiger partial charge in [-0.3, -0.25) is 0 Å². The van der Waals surface area contributed by atoms with Crippen molar-refractivity contribution in [3.8, 4) is 5.75 Å². The molecule has 0 aromatic heterocycles. The minimum atomic E-state index is -4.08. The van der Waals surface area contributed by atoms with Gasteiger partial charge in [0.1, 0.15) is 22.4 Å². The number of alkyl carbamates (subject to hydrolysis) is 1. The summed E-state index contributed by atoms with van der Waals surface area (Å²) < 4.78 is 42.9. The number of ether oxygens (including phenoxy) is 2. The Labute approximate surface area is 207 Å². The van der Waals surface area contributed by atoms with Crippen molar-refractivity contribution in [1.29, 1.82) is 0 Å². The van der Waals surface area contributed by atoms with Crippen molar-refractivity contribution in [2.75, 3.05) is 6.54 Å². The molecule has 1 amide bonds. The second kappa shape index (κ2) is 11.4. The maximum absolute atomic E-state index is 12.9. The van der Waals surface area contributed by atoms with E-state index in [1.165, 1.54) is 12.1 Å². The third kappa shape index (κ3) is 8.12. The summed E-state index contributed by atoms with van der Waals surface area (Å²) in [4.78, 5) is 12.3. The lowest BCUT2D eigenvalue weighted by Gasteiger charge is -2.24. The van der Waals surface area contributed by atoms with Crippen LogP contribution in [-0.2, 0) is 26.2 Å².